The van der Waals surface area contributed by atoms with E-state index >= 15 is 0 Å². The fourth-order valence-electron chi connectivity index (χ4n) is 2.48. The van der Waals surface area contributed by atoms with Crippen molar-refractivity contribution in [1.29, 1.82) is 0 Å². The number of hydrogen-bond acceptors (Lipinski definition) is 4. The molecule has 0 amide bonds. The van der Waals surface area contributed by atoms with Crippen molar-refractivity contribution in [1.82, 2.24) is 0 Å². The summed E-state index contributed by atoms with van der Waals surface area (Å²) in [5.74, 6) is 0.437. The van der Waals surface area contributed by atoms with Gasteiger partial charge in [-0.2, -0.15) is 0 Å². The van der Waals surface area contributed by atoms with Gasteiger partial charge in [0.1, 0.15) is 5.75 Å². The predicted octanol–water partition coefficient (Wildman–Crippen LogP) is 2.93. The smallest absolute Gasteiger partial charge is 0.189 e. The zero-order chi connectivity index (χ0) is 15.0. The van der Waals surface area contributed by atoms with Crippen LogP contribution >= 0.6 is 0 Å². The lowest BCUT2D eigenvalue weighted by atomic mass is 10.1. The summed E-state index contributed by atoms with van der Waals surface area (Å²) >= 11 is 0. The Balaban J connectivity index is 1.98. The van der Waals surface area contributed by atoms with Gasteiger partial charge in [-0.1, -0.05) is 12.1 Å². The van der Waals surface area contributed by atoms with Crippen molar-refractivity contribution in [2.45, 2.75) is 6.42 Å². The molecule has 0 aromatic heterocycles. The molecule has 0 fully saturated rings. The average molecular weight is 282 g/mol. The molecule has 106 valence electrons. The van der Waals surface area contributed by atoms with Gasteiger partial charge in [0.15, 0.2) is 17.3 Å². The third-order valence-electron chi connectivity index (χ3n) is 3.56. The minimum atomic E-state index is -0.0870. The molecule has 0 saturated heterocycles. The normalized spacial score (nSPS) is 15.3. The van der Waals surface area contributed by atoms with E-state index < -0.39 is 0 Å². The molecule has 0 bridgehead atoms. The molecule has 0 spiro atoms. The summed E-state index contributed by atoms with van der Waals surface area (Å²) in [7, 11) is 1.48. The molecule has 4 nitrogen and oxygen atoms in total. The lowest BCUT2D eigenvalue weighted by Crippen LogP contribution is -1.95. The molecule has 2 aromatic rings. The summed E-state index contributed by atoms with van der Waals surface area (Å²) in [6.07, 6.45) is 2.30. The van der Waals surface area contributed by atoms with Gasteiger partial charge in [0.05, 0.1) is 7.11 Å². The van der Waals surface area contributed by atoms with Crippen LogP contribution in [-0.2, 0) is 6.42 Å². The number of Topliss-reactive ketones (excluding diaryl/α,β-unsaturated/α-hetero) is 1. The van der Waals surface area contributed by atoms with Crippen molar-refractivity contribution in [3.8, 4) is 17.2 Å². The maximum atomic E-state index is 12.4. The molecule has 0 saturated carbocycles. The van der Waals surface area contributed by atoms with Gasteiger partial charge in [-0.15, -0.1) is 0 Å². The van der Waals surface area contributed by atoms with E-state index in [1.807, 2.05) is 0 Å². The number of carbonyl (C=O) groups excluding carboxylic acids is 1. The summed E-state index contributed by atoms with van der Waals surface area (Å²) in [4.78, 5) is 12.4. The van der Waals surface area contributed by atoms with E-state index in [2.05, 4.69) is 0 Å². The van der Waals surface area contributed by atoms with Crippen LogP contribution < -0.4 is 4.74 Å². The number of hydrogen-bond donors (Lipinski definition) is 2. The first-order valence-corrected chi connectivity index (χ1v) is 6.52. The predicted molar refractivity (Wildman–Crippen MR) is 78.8 cm³/mol. The fourth-order valence-corrected chi connectivity index (χ4v) is 2.48. The number of phenolic OH excluding ortho intramolecular Hbond substituents is 2. The van der Waals surface area contributed by atoms with Crippen molar-refractivity contribution >= 4 is 11.9 Å². The van der Waals surface area contributed by atoms with Gasteiger partial charge < -0.3 is 14.9 Å². The van der Waals surface area contributed by atoms with Crippen LogP contribution in [0, 0.1) is 0 Å². The maximum Gasteiger partial charge on any atom is 0.189 e. The Bertz CT molecular complexity index is 742. The number of methoxy groups -OCH3 is 1. The summed E-state index contributed by atoms with van der Waals surface area (Å²) in [5, 5.41) is 19.0. The molecule has 0 aliphatic heterocycles. The molecule has 1 aliphatic carbocycles. The van der Waals surface area contributed by atoms with Crippen LogP contribution in [0.2, 0.25) is 0 Å². The van der Waals surface area contributed by atoms with Crippen molar-refractivity contribution in [3.05, 3.63) is 58.7 Å². The van der Waals surface area contributed by atoms with Crippen LogP contribution in [-0.4, -0.2) is 23.1 Å². The number of rotatable bonds is 2. The van der Waals surface area contributed by atoms with Gasteiger partial charge >= 0.3 is 0 Å². The molecule has 21 heavy (non-hydrogen) atoms. The molecule has 0 atom stereocenters. The van der Waals surface area contributed by atoms with Gasteiger partial charge in [-0.05, 0) is 41.5 Å². The van der Waals surface area contributed by atoms with Crippen LogP contribution in [0.25, 0.3) is 6.08 Å². The summed E-state index contributed by atoms with van der Waals surface area (Å²) in [6, 6.07) is 9.79. The first kappa shape index (κ1) is 13.2. The zero-order valence-electron chi connectivity index (χ0n) is 11.5. The van der Waals surface area contributed by atoms with E-state index in [4.69, 9.17) is 4.74 Å². The van der Waals surface area contributed by atoms with E-state index in [1.165, 1.54) is 13.2 Å². The Morgan fingerprint density at radius 2 is 1.86 bits per heavy atom. The SMILES string of the molecule is COc1cc2c(cc1O)C(=O)/C(=C/c1ccc(O)cc1)C2. The number of carbonyl (C=O) groups is 1. The number of aromatic hydroxyl groups is 2. The molecule has 2 aromatic carbocycles. The number of fused-ring (bicyclic) bond motifs is 1. The quantitative estimate of drug-likeness (QED) is 0.831. The fraction of sp³-hybridized carbons (Fsp3) is 0.118. The van der Waals surface area contributed by atoms with Crippen LogP contribution in [0.3, 0.4) is 0 Å². The summed E-state index contributed by atoms with van der Waals surface area (Å²) in [5.41, 5.74) is 2.86. The Morgan fingerprint density at radius 1 is 1.14 bits per heavy atom. The van der Waals surface area contributed by atoms with E-state index in [0.29, 0.717) is 23.3 Å². The lowest BCUT2D eigenvalue weighted by molar-refractivity contribution is 0.104. The molecule has 0 radical (unpaired) electrons. The average Bonchev–Trinajstić information content (AvgIpc) is 2.77. The first-order chi connectivity index (χ1) is 10.1. The minimum absolute atomic E-state index is 0.0320. The third-order valence-corrected chi connectivity index (χ3v) is 3.56. The Labute approximate surface area is 121 Å². The Morgan fingerprint density at radius 3 is 2.52 bits per heavy atom. The second-order valence-corrected chi connectivity index (χ2v) is 4.95. The zero-order valence-corrected chi connectivity index (χ0v) is 11.5. The second kappa shape index (κ2) is 4.98. The monoisotopic (exact) mass is 282 g/mol. The van der Waals surface area contributed by atoms with Gasteiger partial charge in [-0.25, -0.2) is 0 Å². The number of phenols is 2. The highest BCUT2D eigenvalue weighted by molar-refractivity contribution is 6.15. The highest BCUT2D eigenvalue weighted by Gasteiger charge is 2.26. The van der Waals surface area contributed by atoms with Gasteiger partial charge in [0.2, 0.25) is 0 Å². The Hall–Kier alpha value is -2.75. The van der Waals surface area contributed by atoms with Crippen LogP contribution in [0.15, 0.2) is 42.0 Å². The van der Waals surface area contributed by atoms with Crippen molar-refractivity contribution < 1.29 is 19.7 Å². The summed E-state index contributed by atoms with van der Waals surface area (Å²) in [6.45, 7) is 0. The van der Waals surface area contributed by atoms with Crippen molar-refractivity contribution in [2.75, 3.05) is 7.11 Å². The molecule has 4 heteroatoms. The topological polar surface area (TPSA) is 66.8 Å². The lowest BCUT2D eigenvalue weighted by Gasteiger charge is -2.05. The van der Waals surface area contributed by atoms with Gasteiger partial charge in [-0.3, -0.25) is 4.79 Å². The molecule has 3 rings (SSSR count). The second-order valence-electron chi connectivity index (χ2n) is 4.95. The van der Waals surface area contributed by atoms with Gasteiger partial charge in [0, 0.05) is 17.6 Å². The standard InChI is InChI=1S/C17H14O4/c1-21-16-8-11-7-12(17(20)14(11)9-15(16)19)6-10-2-4-13(18)5-3-10/h2-6,8-9,18-19H,7H2,1H3/b12-6+. The first-order valence-electron chi connectivity index (χ1n) is 6.52. The van der Waals surface area contributed by atoms with Crippen molar-refractivity contribution in [2.24, 2.45) is 0 Å². The number of ketones is 1. The van der Waals surface area contributed by atoms with E-state index in [0.717, 1.165) is 11.1 Å². The molecule has 0 unspecified atom stereocenters. The minimum Gasteiger partial charge on any atom is -0.508 e. The van der Waals surface area contributed by atoms with Crippen LogP contribution in [0.5, 0.6) is 17.2 Å². The molecule has 2 N–H and O–H groups in total. The molecule has 1 aliphatic rings. The summed E-state index contributed by atoms with van der Waals surface area (Å²) < 4.78 is 5.06. The van der Waals surface area contributed by atoms with Crippen LogP contribution in [0.4, 0.5) is 0 Å². The molecular weight excluding hydrogens is 268 g/mol. The van der Waals surface area contributed by atoms with E-state index in [9.17, 15) is 15.0 Å². The number of ether oxygens (including phenoxy) is 1. The highest BCUT2D eigenvalue weighted by Crippen LogP contribution is 2.36. The van der Waals surface area contributed by atoms with E-state index in [-0.39, 0.29) is 17.3 Å². The van der Waals surface area contributed by atoms with E-state index in [1.54, 1.807) is 36.4 Å². The third kappa shape index (κ3) is 2.36. The highest BCUT2D eigenvalue weighted by atomic mass is 16.5. The maximum absolute atomic E-state index is 12.4. The van der Waals surface area contributed by atoms with Crippen LogP contribution in [0.1, 0.15) is 21.5 Å². The largest absolute Gasteiger partial charge is 0.508 e. The number of allylic oxidation sites excluding steroid dienone is 1. The molecule has 0 heterocycles. The molecular formula is C17H14O4. The Kier molecular flexibility index (Phi) is 3.14. The number of benzene rings is 2. The van der Waals surface area contributed by atoms with Crippen molar-refractivity contribution in [3.63, 3.8) is 0 Å². The van der Waals surface area contributed by atoms with Gasteiger partial charge in [0.25, 0.3) is 0 Å².